The largest absolute Gasteiger partial charge is 0.375 e. The van der Waals surface area contributed by atoms with Gasteiger partial charge >= 0.3 is 0 Å². The molecular weight excluding hydrogens is 246 g/mol. The van der Waals surface area contributed by atoms with E-state index in [9.17, 15) is 0 Å². The average molecular weight is 267 g/mol. The minimum atomic E-state index is -0.785. The van der Waals surface area contributed by atoms with Crippen LogP contribution in [0.2, 0.25) is 0 Å². The minimum Gasteiger partial charge on any atom is -0.375 e. The second-order valence-corrected chi connectivity index (χ2v) is 5.88. The molecule has 0 aliphatic carbocycles. The smallest absolute Gasteiger partial charge is 0.165 e. The highest BCUT2D eigenvalue weighted by Crippen LogP contribution is 2.31. The topological polar surface area (TPSA) is 76.5 Å². The van der Waals surface area contributed by atoms with Gasteiger partial charge < -0.3 is 14.2 Å². The maximum atomic E-state index is 8.67. The van der Waals surface area contributed by atoms with Crippen LogP contribution >= 0.6 is 0 Å². The van der Waals surface area contributed by atoms with Gasteiger partial charge in [0.15, 0.2) is 5.79 Å². The lowest BCUT2D eigenvalue weighted by atomic mass is 10.1. The third-order valence-electron chi connectivity index (χ3n) is 2.56. The summed E-state index contributed by atoms with van der Waals surface area (Å²) in [5.41, 5.74) is 8.34. The Morgan fingerprint density at radius 3 is 2.58 bits per heavy atom. The van der Waals surface area contributed by atoms with E-state index in [1.54, 1.807) is 13.8 Å². The van der Waals surface area contributed by atoms with Crippen LogP contribution in [-0.2, 0) is 14.2 Å². The molecular formula is C13H21N3O3. The fourth-order valence-corrected chi connectivity index (χ4v) is 1.79. The summed E-state index contributed by atoms with van der Waals surface area (Å²) in [5.74, 6) is 1.73. The first-order valence-corrected chi connectivity index (χ1v) is 6.18. The molecule has 1 fully saturated rings. The SMILES string of the molecule is C#C[C@@H]1OC(C)(C)O[C@H]1[C@H](COC(C)(C)C)N=[N+]=[N-]. The molecule has 6 heteroatoms. The van der Waals surface area contributed by atoms with Crippen LogP contribution in [0.5, 0.6) is 0 Å². The van der Waals surface area contributed by atoms with Crippen LogP contribution in [0.1, 0.15) is 34.6 Å². The molecule has 0 aromatic heterocycles. The second-order valence-electron chi connectivity index (χ2n) is 5.88. The fraction of sp³-hybridized carbons (Fsp3) is 0.846. The van der Waals surface area contributed by atoms with E-state index in [4.69, 9.17) is 26.2 Å². The first-order valence-electron chi connectivity index (χ1n) is 6.18. The standard InChI is InChI=1S/C13H21N3O3/c1-7-10-11(19-13(5,6)18-10)9(15-16-14)8-17-12(2,3)4/h1,9-11H,8H2,2-6H3/t9-,10-,11-/m0/s1. The van der Waals surface area contributed by atoms with Gasteiger partial charge in [-0.15, -0.1) is 6.42 Å². The van der Waals surface area contributed by atoms with Gasteiger partial charge in [-0.05, 0) is 40.1 Å². The van der Waals surface area contributed by atoms with E-state index in [1.807, 2.05) is 20.8 Å². The summed E-state index contributed by atoms with van der Waals surface area (Å²) in [4.78, 5) is 2.84. The van der Waals surface area contributed by atoms with E-state index in [1.165, 1.54) is 0 Å². The lowest BCUT2D eigenvalue weighted by Gasteiger charge is -2.26. The van der Waals surface area contributed by atoms with E-state index in [-0.39, 0.29) is 12.2 Å². The van der Waals surface area contributed by atoms with Gasteiger partial charge in [0.2, 0.25) is 0 Å². The third kappa shape index (κ3) is 4.73. The molecule has 106 valence electrons. The van der Waals surface area contributed by atoms with Crippen LogP contribution in [0.15, 0.2) is 5.11 Å². The lowest BCUT2D eigenvalue weighted by Crippen LogP contribution is -2.38. The highest BCUT2D eigenvalue weighted by atomic mass is 16.8. The van der Waals surface area contributed by atoms with Crippen LogP contribution in [0.25, 0.3) is 10.4 Å². The summed E-state index contributed by atoms with van der Waals surface area (Å²) >= 11 is 0. The van der Waals surface area contributed by atoms with Crippen molar-refractivity contribution in [3.63, 3.8) is 0 Å². The zero-order valence-corrected chi connectivity index (χ0v) is 12.1. The first-order chi connectivity index (χ1) is 8.68. The third-order valence-corrected chi connectivity index (χ3v) is 2.56. The molecule has 1 aliphatic rings. The Balaban J connectivity index is 2.81. The number of hydrogen-bond acceptors (Lipinski definition) is 4. The summed E-state index contributed by atoms with van der Waals surface area (Å²) in [6, 6.07) is -0.521. The average Bonchev–Trinajstić information content (AvgIpc) is 2.58. The molecule has 0 aromatic rings. The number of nitrogens with zero attached hydrogens (tertiary/aromatic N) is 3. The molecule has 1 rings (SSSR count). The van der Waals surface area contributed by atoms with Crippen molar-refractivity contribution < 1.29 is 14.2 Å². The monoisotopic (exact) mass is 267 g/mol. The van der Waals surface area contributed by atoms with Crippen molar-refractivity contribution in [2.24, 2.45) is 5.11 Å². The van der Waals surface area contributed by atoms with Crippen molar-refractivity contribution >= 4 is 0 Å². The zero-order valence-electron chi connectivity index (χ0n) is 12.1. The molecule has 0 unspecified atom stereocenters. The summed E-state index contributed by atoms with van der Waals surface area (Å²) in [5, 5.41) is 3.73. The molecule has 6 nitrogen and oxygen atoms in total. The van der Waals surface area contributed by atoms with Crippen molar-refractivity contribution in [3.05, 3.63) is 10.4 Å². The minimum absolute atomic E-state index is 0.232. The van der Waals surface area contributed by atoms with Crippen LogP contribution in [-0.4, -0.2) is 36.2 Å². The van der Waals surface area contributed by atoms with Crippen molar-refractivity contribution in [2.75, 3.05) is 6.61 Å². The summed E-state index contributed by atoms with van der Waals surface area (Å²) in [6.45, 7) is 9.55. The van der Waals surface area contributed by atoms with Gasteiger partial charge in [0.1, 0.15) is 12.2 Å². The molecule has 1 heterocycles. The van der Waals surface area contributed by atoms with Gasteiger partial charge in [0.25, 0.3) is 0 Å². The van der Waals surface area contributed by atoms with Crippen LogP contribution in [0, 0.1) is 12.3 Å². The van der Waals surface area contributed by atoms with E-state index in [2.05, 4.69) is 15.9 Å². The van der Waals surface area contributed by atoms with Crippen molar-refractivity contribution in [1.29, 1.82) is 0 Å². The maximum Gasteiger partial charge on any atom is 0.165 e. The van der Waals surface area contributed by atoms with Gasteiger partial charge in [-0.25, -0.2) is 0 Å². The predicted octanol–water partition coefficient (Wildman–Crippen LogP) is 2.63. The van der Waals surface area contributed by atoms with E-state index >= 15 is 0 Å². The molecule has 0 bridgehead atoms. The van der Waals surface area contributed by atoms with Crippen LogP contribution in [0.4, 0.5) is 0 Å². The van der Waals surface area contributed by atoms with Crippen molar-refractivity contribution in [1.82, 2.24) is 0 Å². The fourth-order valence-electron chi connectivity index (χ4n) is 1.79. The summed E-state index contributed by atoms with van der Waals surface area (Å²) in [6.07, 6.45) is 4.38. The number of ether oxygens (including phenoxy) is 3. The molecule has 1 saturated heterocycles. The molecule has 0 spiro atoms. The molecule has 19 heavy (non-hydrogen) atoms. The number of hydrogen-bond donors (Lipinski definition) is 0. The van der Waals surface area contributed by atoms with Crippen molar-refractivity contribution in [2.45, 2.75) is 64.3 Å². The Morgan fingerprint density at radius 1 is 1.47 bits per heavy atom. The van der Waals surface area contributed by atoms with Gasteiger partial charge in [0.05, 0.1) is 18.2 Å². The summed E-state index contributed by atoms with van der Waals surface area (Å²) < 4.78 is 16.9. The molecule has 1 aliphatic heterocycles. The van der Waals surface area contributed by atoms with Gasteiger partial charge in [-0.1, -0.05) is 11.0 Å². The Labute approximate surface area is 114 Å². The Bertz CT molecular complexity index is 402. The quantitative estimate of drug-likeness (QED) is 0.340. The predicted molar refractivity (Wildman–Crippen MR) is 71.3 cm³/mol. The molecule has 0 N–H and O–H groups in total. The van der Waals surface area contributed by atoms with Crippen molar-refractivity contribution in [3.8, 4) is 12.3 Å². The van der Waals surface area contributed by atoms with E-state index in [0.717, 1.165) is 0 Å². The molecule has 3 atom stereocenters. The zero-order chi connectivity index (χ0) is 14.7. The number of azide groups is 1. The summed E-state index contributed by atoms with van der Waals surface area (Å²) in [7, 11) is 0. The number of rotatable bonds is 4. The Hall–Kier alpha value is -1.25. The van der Waals surface area contributed by atoms with Gasteiger partial charge in [0, 0.05) is 4.91 Å². The lowest BCUT2D eigenvalue weighted by molar-refractivity contribution is -0.147. The second kappa shape index (κ2) is 5.81. The van der Waals surface area contributed by atoms with Crippen LogP contribution in [0.3, 0.4) is 0 Å². The molecule has 0 radical (unpaired) electrons. The molecule has 0 amide bonds. The van der Waals surface area contributed by atoms with E-state index < -0.39 is 24.0 Å². The molecule has 0 saturated carbocycles. The van der Waals surface area contributed by atoms with E-state index in [0.29, 0.717) is 0 Å². The highest BCUT2D eigenvalue weighted by Gasteiger charge is 2.44. The van der Waals surface area contributed by atoms with Gasteiger partial charge in [-0.2, -0.15) is 0 Å². The Morgan fingerprint density at radius 2 is 2.11 bits per heavy atom. The van der Waals surface area contributed by atoms with Gasteiger partial charge in [-0.3, -0.25) is 0 Å². The number of terminal acetylenes is 1. The van der Waals surface area contributed by atoms with Crippen LogP contribution < -0.4 is 0 Å². The highest BCUT2D eigenvalue weighted by molar-refractivity contribution is 5.06. The maximum absolute atomic E-state index is 8.67. The normalized spacial score (nSPS) is 27.4. The Kier molecular flexibility index (Phi) is 4.83. The first kappa shape index (κ1) is 15.8. The molecule has 0 aromatic carbocycles.